The van der Waals surface area contributed by atoms with E-state index in [9.17, 15) is 10.1 Å². The fraction of sp³-hybridized carbons (Fsp3) is 0.667. The summed E-state index contributed by atoms with van der Waals surface area (Å²) >= 11 is 1.77. The van der Waals surface area contributed by atoms with Gasteiger partial charge in [0.1, 0.15) is 0 Å². The van der Waals surface area contributed by atoms with Gasteiger partial charge in [0.15, 0.2) is 0 Å². The number of rotatable bonds is 11. The van der Waals surface area contributed by atoms with Gasteiger partial charge in [-0.1, -0.05) is 19.8 Å². The van der Waals surface area contributed by atoms with E-state index in [-0.39, 0.29) is 16.2 Å². The zero-order valence-electron chi connectivity index (χ0n) is 14.7. The van der Waals surface area contributed by atoms with Crippen molar-refractivity contribution < 1.29 is 9.66 Å². The number of thioether (sulfide) groups is 1. The molecule has 0 aliphatic heterocycles. The van der Waals surface area contributed by atoms with Gasteiger partial charge in [0.25, 0.3) is 5.69 Å². The Kier molecular flexibility index (Phi) is 8.63. The molecule has 0 saturated carbocycles. The van der Waals surface area contributed by atoms with Crippen molar-refractivity contribution in [2.24, 2.45) is 5.92 Å². The Morgan fingerprint density at radius 2 is 1.91 bits per heavy atom. The molecule has 1 rings (SSSR count). The average Bonchev–Trinajstić information content (AvgIpc) is 2.47. The van der Waals surface area contributed by atoms with Gasteiger partial charge in [0.2, 0.25) is 0 Å². The molecule has 0 saturated heterocycles. The molecule has 0 aliphatic carbocycles. The molecule has 130 valence electrons. The van der Waals surface area contributed by atoms with Gasteiger partial charge in [-0.15, -0.1) is 11.8 Å². The van der Waals surface area contributed by atoms with Gasteiger partial charge < -0.3 is 4.74 Å². The van der Waals surface area contributed by atoms with Gasteiger partial charge in [0, 0.05) is 23.6 Å². The number of nitro groups is 1. The molecule has 1 aromatic rings. The zero-order valence-corrected chi connectivity index (χ0v) is 15.5. The minimum atomic E-state index is -0.361. The number of ether oxygens (including phenoxy) is 1. The van der Waals surface area contributed by atoms with Gasteiger partial charge in [-0.3, -0.25) is 10.1 Å². The van der Waals surface area contributed by atoms with E-state index in [1.807, 2.05) is 19.1 Å². The lowest BCUT2D eigenvalue weighted by Crippen LogP contribution is -2.24. The largest absolute Gasteiger partial charge is 0.376 e. The highest BCUT2D eigenvalue weighted by Crippen LogP contribution is 2.25. The first-order chi connectivity index (χ1) is 10.8. The molecule has 0 amide bonds. The van der Waals surface area contributed by atoms with E-state index in [0.29, 0.717) is 5.92 Å². The van der Waals surface area contributed by atoms with Gasteiger partial charge >= 0.3 is 0 Å². The van der Waals surface area contributed by atoms with Crippen LogP contribution in [0.5, 0.6) is 0 Å². The van der Waals surface area contributed by atoms with E-state index >= 15 is 0 Å². The Labute approximate surface area is 144 Å². The number of nitrogens with zero attached hydrogens (tertiary/aromatic N) is 1. The van der Waals surface area contributed by atoms with E-state index in [2.05, 4.69) is 20.8 Å². The van der Waals surface area contributed by atoms with Gasteiger partial charge in [0.05, 0.1) is 10.5 Å². The first-order valence-electron chi connectivity index (χ1n) is 8.35. The zero-order chi connectivity index (χ0) is 17.3. The van der Waals surface area contributed by atoms with Crippen LogP contribution in [0.4, 0.5) is 5.69 Å². The Morgan fingerprint density at radius 1 is 1.26 bits per heavy atom. The molecule has 1 aromatic carbocycles. The van der Waals surface area contributed by atoms with Crippen molar-refractivity contribution >= 4 is 17.4 Å². The van der Waals surface area contributed by atoms with Crippen molar-refractivity contribution in [1.29, 1.82) is 0 Å². The maximum absolute atomic E-state index is 10.6. The first-order valence-corrected chi connectivity index (χ1v) is 9.34. The molecule has 5 heteroatoms. The summed E-state index contributed by atoms with van der Waals surface area (Å²) in [4.78, 5) is 11.4. The van der Waals surface area contributed by atoms with E-state index in [0.717, 1.165) is 30.1 Å². The highest BCUT2D eigenvalue weighted by molar-refractivity contribution is 7.99. The number of non-ortho nitro benzene ring substituents is 1. The standard InChI is InChI=1S/C18H29NO3S/c1-5-22-18(3,4)13-6-7-15(2)12-14-23-17-10-8-16(9-11-17)19(20)21/h8-11,15H,5-7,12-14H2,1-4H3. The van der Waals surface area contributed by atoms with Crippen LogP contribution in [0.15, 0.2) is 29.2 Å². The second kappa shape index (κ2) is 9.93. The third-order valence-electron chi connectivity index (χ3n) is 3.94. The summed E-state index contributed by atoms with van der Waals surface area (Å²) < 4.78 is 5.72. The SMILES string of the molecule is CCOC(C)(C)CCCC(C)CCSc1ccc([N+](=O)[O-])cc1. The lowest BCUT2D eigenvalue weighted by atomic mass is 9.95. The number of hydrogen-bond acceptors (Lipinski definition) is 4. The summed E-state index contributed by atoms with van der Waals surface area (Å²) in [6, 6.07) is 6.80. The molecule has 0 aliphatic rings. The molecule has 0 bridgehead atoms. The van der Waals surface area contributed by atoms with Crippen LogP contribution in [0.2, 0.25) is 0 Å². The van der Waals surface area contributed by atoms with Crippen LogP contribution in [0.3, 0.4) is 0 Å². The second-order valence-electron chi connectivity index (χ2n) is 6.58. The van der Waals surface area contributed by atoms with Gasteiger partial charge in [-0.05, 0) is 57.4 Å². The molecule has 0 radical (unpaired) electrons. The molecule has 1 atom stereocenters. The Balaban J connectivity index is 2.21. The van der Waals surface area contributed by atoms with E-state index in [1.54, 1.807) is 23.9 Å². The van der Waals surface area contributed by atoms with Crippen LogP contribution in [0, 0.1) is 16.0 Å². The summed E-state index contributed by atoms with van der Waals surface area (Å²) in [6.45, 7) is 9.43. The van der Waals surface area contributed by atoms with Crippen LogP contribution in [0.1, 0.15) is 53.4 Å². The third kappa shape index (κ3) is 8.37. The summed E-state index contributed by atoms with van der Waals surface area (Å²) in [6.07, 6.45) is 4.67. The lowest BCUT2D eigenvalue weighted by molar-refractivity contribution is -0.384. The number of benzene rings is 1. The monoisotopic (exact) mass is 339 g/mol. The molecule has 0 aromatic heterocycles. The highest BCUT2D eigenvalue weighted by atomic mass is 32.2. The number of nitro benzene ring substituents is 1. The van der Waals surface area contributed by atoms with Crippen molar-refractivity contribution in [1.82, 2.24) is 0 Å². The van der Waals surface area contributed by atoms with Crippen molar-refractivity contribution in [2.75, 3.05) is 12.4 Å². The summed E-state index contributed by atoms with van der Waals surface area (Å²) in [5, 5.41) is 10.6. The average molecular weight is 340 g/mol. The summed E-state index contributed by atoms with van der Waals surface area (Å²) in [7, 11) is 0. The normalized spacial score (nSPS) is 13.0. The van der Waals surface area contributed by atoms with Crippen LogP contribution in [-0.4, -0.2) is 22.9 Å². The molecule has 4 nitrogen and oxygen atoms in total. The maximum Gasteiger partial charge on any atom is 0.269 e. The molecular weight excluding hydrogens is 310 g/mol. The predicted molar refractivity (Wildman–Crippen MR) is 97.2 cm³/mol. The Morgan fingerprint density at radius 3 is 2.48 bits per heavy atom. The molecular formula is C18H29NO3S. The van der Waals surface area contributed by atoms with Crippen LogP contribution in [0.25, 0.3) is 0 Å². The highest BCUT2D eigenvalue weighted by Gasteiger charge is 2.17. The van der Waals surface area contributed by atoms with Gasteiger partial charge in [-0.2, -0.15) is 0 Å². The quantitative estimate of drug-likeness (QED) is 0.295. The molecule has 0 heterocycles. The van der Waals surface area contributed by atoms with Crippen molar-refractivity contribution in [3.05, 3.63) is 34.4 Å². The minimum absolute atomic E-state index is 0.0119. The predicted octanol–water partition coefficient (Wildman–Crippen LogP) is 5.70. The summed E-state index contributed by atoms with van der Waals surface area (Å²) in [5.74, 6) is 1.74. The fourth-order valence-corrected chi connectivity index (χ4v) is 3.61. The van der Waals surface area contributed by atoms with Crippen LogP contribution >= 0.6 is 11.8 Å². The Hall–Kier alpha value is -1.07. The first kappa shape index (κ1) is 20.0. The van der Waals surface area contributed by atoms with E-state index < -0.39 is 0 Å². The molecule has 23 heavy (non-hydrogen) atoms. The van der Waals surface area contributed by atoms with Crippen LogP contribution in [-0.2, 0) is 4.74 Å². The minimum Gasteiger partial charge on any atom is -0.376 e. The van der Waals surface area contributed by atoms with Gasteiger partial charge in [-0.25, -0.2) is 0 Å². The molecule has 1 unspecified atom stereocenters. The van der Waals surface area contributed by atoms with Crippen molar-refractivity contribution in [2.45, 2.75) is 63.9 Å². The van der Waals surface area contributed by atoms with Crippen molar-refractivity contribution in [3.8, 4) is 0 Å². The van der Waals surface area contributed by atoms with E-state index in [4.69, 9.17) is 4.74 Å². The lowest BCUT2D eigenvalue weighted by Gasteiger charge is -2.25. The maximum atomic E-state index is 10.6. The molecule has 0 fully saturated rings. The van der Waals surface area contributed by atoms with E-state index in [1.165, 1.54) is 12.8 Å². The second-order valence-corrected chi connectivity index (χ2v) is 7.75. The smallest absolute Gasteiger partial charge is 0.269 e. The molecule has 0 spiro atoms. The number of hydrogen-bond donors (Lipinski definition) is 0. The molecule has 0 N–H and O–H groups in total. The Bertz CT molecular complexity index is 474. The topological polar surface area (TPSA) is 52.4 Å². The van der Waals surface area contributed by atoms with Crippen LogP contribution < -0.4 is 0 Å². The third-order valence-corrected chi connectivity index (χ3v) is 4.98. The fourth-order valence-electron chi connectivity index (χ4n) is 2.53. The van der Waals surface area contributed by atoms with Crippen molar-refractivity contribution in [3.63, 3.8) is 0 Å². The summed E-state index contributed by atoms with van der Waals surface area (Å²) in [5.41, 5.74) is 0.141.